The van der Waals surface area contributed by atoms with Gasteiger partial charge in [-0.3, -0.25) is 0 Å². The SMILES string of the molecule is CC(CCc1ccc(F)cc1)(Cn1ccnc1)SCc1ccc(Br)cc1. The Hall–Kier alpha value is -1.59. The Bertz CT molecular complexity index is 752. The molecule has 2 nitrogen and oxygen atoms in total. The predicted molar refractivity (Wildman–Crippen MR) is 111 cm³/mol. The van der Waals surface area contributed by atoms with Crippen LogP contribution in [-0.2, 0) is 18.7 Å². The molecule has 26 heavy (non-hydrogen) atoms. The van der Waals surface area contributed by atoms with Crippen LogP contribution in [0.3, 0.4) is 0 Å². The summed E-state index contributed by atoms with van der Waals surface area (Å²) in [6, 6.07) is 15.3. The van der Waals surface area contributed by atoms with Crippen LogP contribution in [0, 0.1) is 5.82 Å². The van der Waals surface area contributed by atoms with E-state index in [0.29, 0.717) is 0 Å². The lowest BCUT2D eigenvalue weighted by atomic mass is 10.00. The van der Waals surface area contributed by atoms with Crippen LogP contribution in [0.15, 0.2) is 71.7 Å². The van der Waals surface area contributed by atoms with E-state index in [1.807, 2.05) is 42.6 Å². The van der Waals surface area contributed by atoms with Crippen molar-refractivity contribution in [2.45, 2.75) is 36.8 Å². The molecule has 0 saturated heterocycles. The zero-order valence-electron chi connectivity index (χ0n) is 14.7. The fourth-order valence-corrected chi connectivity index (χ4v) is 4.32. The third-order valence-electron chi connectivity index (χ3n) is 4.43. The van der Waals surface area contributed by atoms with Crippen LogP contribution in [0.1, 0.15) is 24.5 Å². The number of benzene rings is 2. The maximum Gasteiger partial charge on any atom is 0.123 e. The number of imidazole rings is 1. The predicted octanol–water partition coefficient (Wildman–Crippen LogP) is 6.11. The van der Waals surface area contributed by atoms with E-state index in [4.69, 9.17) is 0 Å². The second-order valence-electron chi connectivity index (χ2n) is 6.73. The van der Waals surface area contributed by atoms with Gasteiger partial charge in [-0.25, -0.2) is 9.37 Å². The summed E-state index contributed by atoms with van der Waals surface area (Å²) in [5.74, 6) is 0.779. The second kappa shape index (κ2) is 8.87. The van der Waals surface area contributed by atoms with Gasteiger partial charge in [0.25, 0.3) is 0 Å². The molecule has 3 rings (SSSR count). The van der Waals surface area contributed by atoms with Crippen molar-refractivity contribution in [3.05, 3.63) is 88.7 Å². The van der Waals surface area contributed by atoms with E-state index < -0.39 is 0 Å². The summed E-state index contributed by atoms with van der Waals surface area (Å²) in [7, 11) is 0. The molecule has 0 fully saturated rings. The summed E-state index contributed by atoms with van der Waals surface area (Å²) < 4.78 is 16.4. The fraction of sp³-hybridized carbons (Fsp3) is 0.286. The number of thioether (sulfide) groups is 1. The van der Waals surface area contributed by atoms with Crippen LogP contribution in [0.5, 0.6) is 0 Å². The third kappa shape index (κ3) is 5.71. The largest absolute Gasteiger partial charge is 0.336 e. The molecule has 0 aliphatic carbocycles. The van der Waals surface area contributed by atoms with Crippen molar-refractivity contribution in [1.82, 2.24) is 9.55 Å². The molecule has 0 spiro atoms. The first-order chi connectivity index (χ1) is 12.5. The number of nitrogens with zero attached hydrogens (tertiary/aromatic N) is 2. The van der Waals surface area contributed by atoms with E-state index in [1.165, 1.54) is 23.3 Å². The average molecular weight is 433 g/mol. The summed E-state index contributed by atoms with van der Waals surface area (Å²) in [4.78, 5) is 4.17. The molecule has 0 amide bonds. The minimum absolute atomic E-state index is 0.0577. The zero-order chi connectivity index (χ0) is 18.4. The van der Waals surface area contributed by atoms with Gasteiger partial charge in [0.2, 0.25) is 0 Å². The zero-order valence-corrected chi connectivity index (χ0v) is 17.1. The first kappa shape index (κ1) is 19.2. The van der Waals surface area contributed by atoms with E-state index in [0.717, 1.165) is 29.6 Å². The fourth-order valence-electron chi connectivity index (χ4n) is 2.86. The second-order valence-corrected chi connectivity index (χ2v) is 9.21. The van der Waals surface area contributed by atoms with Crippen molar-refractivity contribution in [3.63, 3.8) is 0 Å². The number of hydrogen-bond donors (Lipinski definition) is 0. The highest BCUT2D eigenvalue weighted by atomic mass is 79.9. The van der Waals surface area contributed by atoms with Gasteiger partial charge in [0.1, 0.15) is 5.82 Å². The molecular formula is C21H22BrFN2S. The molecule has 136 valence electrons. The summed E-state index contributed by atoms with van der Waals surface area (Å²) in [5, 5.41) is 0. The van der Waals surface area contributed by atoms with Crippen LogP contribution in [0.2, 0.25) is 0 Å². The third-order valence-corrected chi connectivity index (χ3v) is 6.47. The maximum atomic E-state index is 13.1. The van der Waals surface area contributed by atoms with Gasteiger partial charge in [0.15, 0.2) is 0 Å². The average Bonchev–Trinajstić information content (AvgIpc) is 3.14. The van der Waals surface area contributed by atoms with Crippen LogP contribution in [0.4, 0.5) is 4.39 Å². The molecule has 0 bridgehead atoms. The van der Waals surface area contributed by atoms with E-state index >= 15 is 0 Å². The van der Waals surface area contributed by atoms with Crippen molar-refractivity contribution < 1.29 is 4.39 Å². The highest BCUT2D eigenvalue weighted by Gasteiger charge is 2.25. The van der Waals surface area contributed by atoms with Crippen molar-refractivity contribution in [1.29, 1.82) is 0 Å². The van der Waals surface area contributed by atoms with Gasteiger partial charge in [0, 0.05) is 33.9 Å². The Morgan fingerprint density at radius 1 is 1.08 bits per heavy atom. The van der Waals surface area contributed by atoms with E-state index in [2.05, 4.69) is 56.7 Å². The van der Waals surface area contributed by atoms with Gasteiger partial charge in [-0.15, -0.1) is 11.8 Å². The van der Waals surface area contributed by atoms with Crippen molar-refractivity contribution in [2.24, 2.45) is 0 Å². The number of hydrogen-bond acceptors (Lipinski definition) is 2. The van der Waals surface area contributed by atoms with Gasteiger partial charge in [0.05, 0.1) is 6.33 Å². The number of halogens is 2. The smallest absolute Gasteiger partial charge is 0.123 e. The summed E-state index contributed by atoms with van der Waals surface area (Å²) in [6.45, 7) is 3.20. The Morgan fingerprint density at radius 3 is 2.42 bits per heavy atom. The first-order valence-electron chi connectivity index (χ1n) is 8.61. The molecule has 0 radical (unpaired) electrons. The lowest BCUT2D eigenvalue weighted by Gasteiger charge is -2.30. The van der Waals surface area contributed by atoms with Gasteiger partial charge in [-0.05, 0) is 55.2 Å². The van der Waals surface area contributed by atoms with Crippen LogP contribution >= 0.6 is 27.7 Å². The molecular weight excluding hydrogens is 411 g/mol. The van der Waals surface area contributed by atoms with E-state index in [-0.39, 0.29) is 10.6 Å². The molecule has 3 aromatic rings. The molecule has 5 heteroatoms. The molecule has 0 N–H and O–H groups in total. The molecule has 1 heterocycles. The van der Waals surface area contributed by atoms with Crippen LogP contribution < -0.4 is 0 Å². The molecule has 0 aliphatic heterocycles. The van der Waals surface area contributed by atoms with Gasteiger partial charge < -0.3 is 4.57 Å². The number of aromatic nitrogens is 2. The number of aryl methyl sites for hydroxylation is 1. The minimum Gasteiger partial charge on any atom is -0.336 e. The van der Waals surface area contributed by atoms with Crippen LogP contribution in [-0.4, -0.2) is 14.3 Å². The highest BCUT2D eigenvalue weighted by molar-refractivity contribution is 9.10. The highest BCUT2D eigenvalue weighted by Crippen LogP contribution is 2.35. The lowest BCUT2D eigenvalue weighted by Crippen LogP contribution is -2.27. The summed E-state index contributed by atoms with van der Waals surface area (Å²) in [6.07, 6.45) is 7.64. The standard InChI is InChI=1S/C21H22BrFN2S/c1-21(15-25-13-12-24-16-25,11-10-17-4-8-20(23)9-5-17)26-14-18-2-6-19(22)7-3-18/h2-9,12-13,16H,10-11,14-15H2,1H3. The van der Waals surface area contributed by atoms with Gasteiger partial charge in [-0.2, -0.15) is 0 Å². The van der Waals surface area contributed by atoms with E-state index in [1.54, 1.807) is 0 Å². The molecule has 0 aliphatic rings. The summed E-state index contributed by atoms with van der Waals surface area (Å²) in [5.41, 5.74) is 2.49. The monoisotopic (exact) mass is 432 g/mol. The van der Waals surface area contributed by atoms with Crippen molar-refractivity contribution in [3.8, 4) is 0 Å². The molecule has 2 aromatic carbocycles. The quantitative estimate of drug-likeness (QED) is 0.427. The summed E-state index contributed by atoms with van der Waals surface area (Å²) >= 11 is 5.45. The Balaban J connectivity index is 1.68. The molecule has 1 aromatic heterocycles. The topological polar surface area (TPSA) is 17.8 Å². The van der Waals surface area contributed by atoms with Crippen molar-refractivity contribution >= 4 is 27.7 Å². The Morgan fingerprint density at radius 2 is 1.77 bits per heavy atom. The normalized spacial score (nSPS) is 13.5. The molecule has 0 saturated carbocycles. The lowest BCUT2D eigenvalue weighted by molar-refractivity contribution is 0.495. The molecule has 1 atom stereocenters. The molecule has 1 unspecified atom stereocenters. The minimum atomic E-state index is -0.181. The van der Waals surface area contributed by atoms with Gasteiger partial charge in [-0.1, -0.05) is 40.2 Å². The Kier molecular flexibility index (Phi) is 6.54. The first-order valence-corrected chi connectivity index (χ1v) is 10.4. The number of rotatable bonds is 8. The van der Waals surface area contributed by atoms with Crippen molar-refractivity contribution in [2.75, 3.05) is 0 Å². The van der Waals surface area contributed by atoms with E-state index in [9.17, 15) is 4.39 Å². The maximum absolute atomic E-state index is 13.1. The van der Waals surface area contributed by atoms with Gasteiger partial charge >= 0.3 is 0 Å². The van der Waals surface area contributed by atoms with Crippen LogP contribution in [0.25, 0.3) is 0 Å². The Labute approximate surface area is 167 Å².